The number of amides is 1. The molecule has 1 aliphatic carbocycles. The maximum Gasteiger partial charge on any atom is 0.383 e. The number of nitrogens with zero attached hydrogens (tertiary/aromatic N) is 1. The smallest absolute Gasteiger partial charge is 0.383 e. The maximum atomic E-state index is 13.2. The van der Waals surface area contributed by atoms with E-state index < -0.39 is 18.3 Å². The fraction of sp³-hybridized carbons (Fsp3) is 0.462. The number of carbonyl (C=O) groups is 1. The summed E-state index contributed by atoms with van der Waals surface area (Å²) in [7, 11) is 0. The number of alkyl halides is 4. The summed E-state index contributed by atoms with van der Waals surface area (Å²) in [6.45, 7) is -0.119. The molecule has 3 nitrogen and oxygen atoms in total. The van der Waals surface area contributed by atoms with E-state index >= 15 is 0 Å². The van der Waals surface area contributed by atoms with Crippen molar-refractivity contribution >= 4 is 11.6 Å². The van der Waals surface area contributed by atoms with Crippen LogP contribution in [0.25, 0.3) is 0 Å². The summed E-state index contributed by atoms with van der Waals surface area (Å²) in [6.07, 6.45) is -2.89. The van der Waals surface area contributed by atoms with Gasteiger partial charge in [0.25, 0.3) is 5.91 Å². The molecule has 1 aromatic rings. The number of anilines is 1. The zero-order valence-electron chi connectivity index (χ0n) is 10.5. The van der Waals surface area contributed by atoms with Crippen molar-refractivity contribution in [1.29, 1.82) is 0 Å². The molecule has 0 spiro atoms. The molecule has 0 radical (unpaired) electrons. The molecule has 0 saturated heterocycles. The lowest BCUT2D eigenvalue weighted by Crippen LogP contribution is -2.48. The van der Waals surface area contributed by atoms with Gasteiger partial charge < -0.3 is 10.6 Å². The first-order chi connectivity index (χ1) is 9.32. The predicted octanol–water partition coefficient (Wildman–Crippen LogP) is 2.66. The molecule has 0 atom stereocenters. The second-order valence-corrected chi connectivity index (χ2v) is 4.83. The monoisotopic (exact) mass is 290 g/mol. The summed E-state index contributed by atoms with van der Waals surface area (Å²) in [5.74, 6) is -6.46. The van der Waals surface area contributed by atoms with Crippen molar-refractivity contribution in [3.8, 4) is 0 Å². The van der Waals surface area contributed by atoms with Gasteiger partial charge in [0.1, 0.15) is 0 Å². The topological polar surface area (TPSA) is 46.3 Å². The minimum Gasteiger partial charge on any atom is -0.399 e. The largest absolute Gasteiger partial charge is 0.399 e. The molecule has 110 valence electrons. The first kappa shape index (κ1) is 14.6. The Hall–Kier alpha value is -1.79. The highest BCUT2D eigenvalue weighted by atomic mass is 19.3. The molecular weight excluding hydrogens is 276 g/mol. The van der Waals surface area contributed by atoms with Gasteiger partial charge in [-0.2, -0.15) is 8.78 Å². The minimum absolute atomic E-state index is 0.119. The summed E-state index contributed by atoms with van der Waals surface area (Å²) in [6, 6.07) is 5.91. The standard InChI is InChI=1S/C13H14F4N2O/c14-11(15)13(16,17)12(20)19(10-5-6-10)7-8-1-3-9(18)4-2-8/h1-4,10-11H,5-7,18H2. The van der Waals surface area contributed by atoms with Gasteiger partial charge in [0.05, 0.1) is 0 Å². The second-order valence-electron chi connectivity index (χ2n) is 4.83. The van der Waals surface area contributed by atoms with Gasteiger partial charge in [0.2, 0.25) is 0 Å². The molecule has 1 amide bonds. The van der Waals surface area contributed by atoms with Crippen LogP contribution in [-0.2, 0) is 11.3 Å². The molecular formula is C13H14F4N2O. The molecule has 20 heavy (non-hydrogen) atoms. The third kappa shape index (κ3) is 3.02. The summed E-state index contributed by atoms with van der Waals surface area (Å²) < 4.78 is 50.9. The van der Waals surface area contributed by atoms with Crippen LogP contribution in [-0.4, -0.2) is 29.2 Å². The van der Waals surface area contributed by atoms with E-state index in [-0.39, 0.29) is 12.6 Å². The van der Waals surface area contributed by atoms with Crippen LogP contribution in [0, 0.1) is 0 Å². The highest BCUT2D eigenvalue weighted by Gasteiger charge is 2.53. The maximum absolute atomic E-state index is 13.2. The van der Waals surface area contributed by atoms with Crippen molar-refractivity contribution in [1.82, 2.24) is 4.90 Å². The lowest BCUT2D eigenvalue weighted by molar-refractivity contribution is -0.181. The van der Waals surface area contributed by atoms with E-state index in [1.54, 1.807) is 24.3 Å². The van der Waals surface area contributed by atoms with Crippen molar-refractivity contribution in [3.63, 3.8) is 0 Å². The SMILES string of the molecule is Nc1ccc(CN(C(=O)C(F)(F)C(F)F)C2CC2)cc1. The van der Waals surface area contributed by atoms with Gasteiger partial charge in [0, 0.05) is 18.3 Å². The fourth-order valence-corrected chi connectivity index (χ4v) is 1.86. The van der Waals surface area contributed by atoms with Crippen LogP contribution in [0.15, 0.2) is 24.3 Å². The van der Waals surface area contributed by atoms with Crippen LogP contribution in [0.3, 0.4) is 0 Å². The van der Waals surface area contributed by atoms with E-state index in [1.165, 1.54) is 0 Å². The van der Waals surface area contributed by atoms with Crippen LogP contribution < -0.4 is 5.73 Å². The summed E-state index contributed by atoms with van der Waals surface area (Å²) >= 11 is 0. The highest BCUT2D eigenvalue weighted by molar-refractivity contribution is 5.84. The van der Waals surface area contributed by atoms with E-state index in [4.69, 9.17) is 5.73 Å². The van der Waals surface area contributed by atoms with Crippen LogP contribution in [0.1, 0.15) is 18.4 Å². The molecule has 0 bridgehead atoms. The van der Waals surface area contributed by atoms with Crippen molar-refractivity contribution in [3.05, 3.63) is 29.8 Å². The van der Waals surface area contributed by atoms with Gasteiger partial charge in [-0.3, -0.25) is 4.79 Å². The normalized spacial score (nSPS) is 15.4. The number of benzene rings is 1. The van der Waals surface area contributed by atoms with E-state index in [1.807, 2.05) is 0 Å². The average molecular weight is 290 g/mol. The Bertz CT molecular complexity index is 486. The molecule has 1 aliphatic rings. The second kappa shape index (κ2) is 5.30. The molecule has 0 aromatic heterocycles. The van der Waals surface area contributed by atoms with Gasteiger partial charge in [-0.25, -0.2) is 8.78 Å². The van der Waals surface area contributed by atoms with Gasteiger partial charge in [-0.1, -0.05) is 12.1 Å². The van der Waals surface area contributed by atoms with Crippen LogP contribution in [0.4, 0.5) is 23.2 Å². The number of carbonyl (C=O) groups excluding carboxylic acids is 1. The van der Waals surface area contributed by atoms with E-state index in [2.05, 4.69) is 0 Å². The van der Waals surface area contributed by atoms with Crippen LogP contribution in [0.5, 0.6) is 0 Å². The third-order valence-electron chi connectivity index (χ3n) is 3.14. The Labute approximate surface area is 113 Å². The van der Waals surface area contributed by atoms with Gasteiger partial charge in [-0.05, 0) is 30.5 Å². The molecule has 2 rings (SSSR count). The van der Waals surface area contributed by atoms with Crippen molar-refractivity contribution in [2.45, 2.75) is 37.8 Å². The van der Waals surface area contributed by atoms with Crippen molar-refractivity contribution in [2.75, 3.05) is 5.73 Å². The molecule has 1 fully saturated rings. The van der Waals surface area contributed by atoms with E-state index in [0.717, 1.165) is 4.90 Å². The predicted molar refractivity (Wildman–Crippen MR) is 65.4 cm³/mol. The first-order valence-electron chi connectivity index (χ1n) is 6.14. The van der Waals surface area contributed by atoms with Gasteiger partial charge in [0.15, 0.2) is 0 Å². The zero-order chi connectivity index (χ0) is 14.9. The Kier molecular flexibility index (Phi) is 3.87. The fourth-order valence-electron chi connectivity index (χ4n) is 1.86. The lowest BCUT2D eigenvalue weighted by atomic mass is 10.1. The molecule has 1 saturated carbocycles. The number of hydrogen-bond acceptors (Lipinski definition) is 2. The quantitative estimate of drug-likeness (QED) is 0.669. The molecule has 7 heteroatoms. The van der Waals surface area contributed by atoms with Crippen molar-refractivity contribution in [2.24, 2.45) is 0 Å². The molecule has 0 heterocycles. The molecule has 2 N–H and O–H groups in total. The highest BCUT2D eigenvalue weighted by Crippen LogP contribution is 2.34. The Balaban J connectivity index is 2.15. The van der Waals surface area contributed by atoms with Crippen molar-refractivity contribution < 1.29 is 22.4 Å². The average Bonchev–Trinajstić information content (AvgIpc) is 3.21. The minimum atomic E-state index is -4.64. The van der Waals surface area contributed by atoms with E-state index in [9.17, 15) is 22.4 Å². The van der Waals surface area contributed by atoms with Gasteiger partial charge in [-0.15, -0.1) is 0 Å². The van der Waals surface area contributed by atoms with E-state index in [0.29, 0.717) is 24.1 Å². The lowest BCUT2D eigenvalue weighted by Gasteiger charge is -2.26. The number of nitrogen functional groups attached to an aromatic ring is 1. The Morgan fingerprint density at radius 2 is 1.85 bits per heavy atom. The number of hydrogen-bond donors (Lipinski definition) is 1. The Morgan fingerprint density at radius 1 is 1.30 bits per heavy atom. The summed E-state index contributed by atoms with van der Waals surface area (Å²) in [5, 5.41) is 0. The first-order valence-corrected chi connectivity index (χ1v) is 6.14. The molecule has 1 aromatic carbocycles. The third-order valence-corrected chi connectivity index (χ3v) is 3.14. The summed E-state index contributed by atoms with van der Waals surface area (Å²) in [4.78, 5) is 12.5. The summed E-state index contributed by atoms with van der Waals surface area (Å²) in [5.41, 5.74) is 6.57. The van der Waals surface area contributed by atoms with Crippen LogP contribution in [0.2, 0.25) is 0 Å². The number of nitrogens with two attached hydrogens (primary N) is 1. The molecule has 0 aliphatic heterocycles. The number of halogens is 4. The van der Waals surface area contributed by atoms with Crippen LogP contribution >= 0.6 is 0 Å². The van der Waals surface area contributed by atoms with Gasteiger partial charge >= 0.3 is 12.3 Å². The zero-order valence-corrected chi connectivity index (χ0v) is 10.5. The number of rotatable bonds is 5. The molecule has 0 unspecified atom stereocenters. The Morgan fingerprint density at radius 3 is 2.30 bits per heavy atom.